The van der Waals surface area contributed by atoms with Gasteiger partial charge in [-0.3, -0.25) is 9.20 Å². The van der Waals surface area contributed by atoms with Crippen molar-refractivity contribution >= 4 is 17.1 Å². The van der Waals surface area contributed by atoms with Gasteiger partial charge < -0.3 is 5.32 Å². The molecule has 5 aromatic rings. The van der Waals surface area contributed by atoms with Crippen LogP contribution >= 0.6 is 0 Å². The first kappa shape index (κ1) is 22.1. The molecule has 2 heterocycles. The summed E-state index contributed by atoms with van der Waals surface area (Å²) in [5.74, 6) is -1.92. The lowest BCUT2D eigenvalue weighted by Gasteiger charge is -2.13. The molecular formula is C29H20F3N3O. The Kier molecular flexibility index (Phi) is 5.33. The fourth-order valence-electron chi connectivity index (χ4n) is 4.54. The number of pyridine rings is 1. The Morgan fingerprint density at radius 3 is 2.47 bits per heavy atom. The first-order valence-corrected chi connectivity index (χ1v) is 11.6. The molecule has 1 aliphatic carbocycles. The highest BCUT2D eigenvalue weighted by molar-refractivity contribution is 6.06. The van der Waals surface area contributed by atoms with Crippen LogP contribution in [0.3, 0.4) is 0 Å². The molecule has 2 aromatic heterocycles. The van der Waals surface area contributed by atoms with E-state index in [1.54, 1.807) is 22.9 Å². The largest absolute Gasteiger partial charge is 0.322 e. The van der Waals surface area contributed by atoms with Gasteiger partial charge in [-0.05, 0) is 78.4 Å². The van der Waals surface area contributed by atoms with Crippen molar-refractivity contribution in [1.29, 1.82) is 0 Å². The van der Waals surface area contributed by atoms with Gasteiger partial charge in [0, 0.05) is 23.0 Å². The lowest BCUT2D eigenvalue weighted by atomic mass is 9.96. The number of rotatable bonds is 5. The minimum absolute atomic E-state index is 0.0654. The van der Waals surface area contributed by atoms with Crippen molar-refractivity contribution in [2.75, 3.05) is 5.32 Å². The summed E-state index contributed by atoms with van der Waals surface area (Å²) in [5.41, 5.74) is 4.38. The van der Waals surface area contributed by atoms with Crippen LogP contribution in [0.2, 0.25) is 0 Å². The summed E-state index contributed by atoms with van der Waals surface area (Å²) >= 11 is 0. The van der Waals surface area contributed by atoms with Crippen LogP contribution in [-0.2, 0) is 0 Å². The number of carbonyl (C=O) groups is 1. The summed E-state index contributed by atoms with van der Waals surface area (Å²) in [6.45, 7) is 0. The third kappa shape index (κ3) is 3.92. The molecule has 0 bridgehead atoms. The predicted octanol–water partition coefficient (Wildman–Crippen LogP) is 7.22. The third-order valence-corrected chi connectivity index (χ3v) is 6.49. The van der Waals surface area contributed by atoms with Gasteiger partial charge in [0.2, 0.25) is 0 Å². The van der Waals surface area contributed by atoms with E-state index in [4.69, 9.17) is 0 Å². The van der Waals surface area contributed by atoms with Crippen LogP contribution in [0.5, 0.6) is 0 Å². The molecule has 1 N–H and O–H groups in total. The molecule has 7 heteroatoms. The van der Waals surface area contributed by atoms with E-state index in [1.807, 2.05) is 24.3 Å². The Bertz CT molecular complexity index is 1620. The molecule has 0 atom stereocenters. The Hall–Kier alpha value is -4.39. The number of benzene rings is 3. The zero-order valence-corrected chi connectivity index (χ0v) is 19.0. The van der Waals surface area contributed by atoms with Crippen LogP contribution in [0.15, 0.2) is 85.2 Å². The normalized spacial score (nSPS) is 13.2. The number of imidazole rings is 1. The van der Waals surface area contributed by atoms with Gasteiger partial charge in [0.25, 0.3) is 5.91 Å². The van der Waals surface area contributed by atoms with Crippen LogP contribution in [-0.4, -0.2) is 15.3 Å². The number of nitrogens with one attached hydrogen (secondary N) is 1. The highest BCUT2D eigenvalue weighted by atomic mass is 19.2. The molecular weight excluding hydrogens is 463 g/mol. The van der Waals surface area contributed by atoms with Crippen LogP contribution in [0.25, 0.3) is 28.0 Å². The second kappa shape index (κ2) is 8.68. The minimum atomic E-state index is -0.955. The van der Waals surface area contributed by atoms with E-state index in [9.17, 15) is 18.0 Å². The Morgan fingerprint density at radius 2 is 1.69 bits per heavy atom. The molecule has 1 aliphatic rings. The lowest BCUT2D eigenvalue weighted by molar-refractivity contribution is 0.102. The van der Waals surface area contributed by atoms with E-state index >= 15 is 0 Å². The zero-order chi connectivity index (χ0) is 24.8. The molecule has 0 unspecified atom stereocenters. The SMILES string of the molecule is O=C(Nc1ccc(F)cc1)c1cc(-c2cccn3c(-c4cccc(F)c4F)ncc23)ccc1C1CC1. The van der Waals surface area contributed by atoms with Crippen molar-refractivity contribution in [2.24, 2.45) is 0 Å². The predicted molar refractivity (Wildman–Crippen MR) is 132 cm³/mol. The Morgan fingerprint density at radius 1 is 0.917 bits per heavy atom. The first-order valence-electron chi connectivity index (χ1n) is 11.6. The van der Waals surface area contributed by atoms with E-state index in [2.05, 4.69) is 10.3 Å². The third-order valence-electron chi connectivity index (χ3n) is 6.49. The maximum Gasteiger partial charge on any atom is 0.255 e. The van der Waals surface area contributed by atoms with E-state index in [-0.39, 0.29) is 23.1 Å². The number of aromatic nitrogens is 2. The molecule has 178 valence electrons. The molecule has 36 heavy (non-hydrogen) atoms. The van der Waals surface area contributed by atoms with Gasteiger partial charge in [0.1, 0.15) is 11.6 Å². The van der Waals surface area contributed by atoms with Gasteiger partial charge in [-0.1, -0.05) is 24.3 Å². The second-order valence-electron chi connectivity index (χ2n) is 8.90. The maximum atomic E-state index is 14.5. The van der Waals surface area contributed by atoms with Gasteiger partial charge in [-0.15, -0.1) is 0 Å². The highest BCUT2D eigenvalue weighted by Crippen LogP contribution is 2.43. The number of fused-ring (bicyclic) bond motifs is 1. The maximum absolute atomic E-state index is 14.5. The number of hydrogen-bond acceptors (Lipinski definition) is 2. The fraction of sp³-hybridized carbons (Fsp3) is 0.103. The zero-order valence-electron chi connectivity index (χ0n) is 19.0. The van der Waals surface area contributed by atoms with Crippen molar-refractivity contribution in [1.82, 2.24) is 9.38 Å². The van der Waals surface area contributed by atoms with E-state index in [1.165, 1.54) is 36.4 Å². The van der Waals surface area contributed by atoms with Crippen molar-refractivity contribution < 1.29 is 18.0 Å². The standard InChI is InChI=1S/C29H20F3N3O/c30-19-9-11-20(12-10-19)34-29(36)24-15-18(8-13-21(24)17-6-7-17)22-4-2-14-35-26(22)16-33-28(35)23-3-1-5-25(31)27(23)32/h1-5,8-17H,6-7H2,(H,34,36). The van der Waals surface area contributed by atoms with Crippen LogP contribution in [0, 0.1) is 17.5 Å². The Balaban J connectivity index is 1.43. The summed E-state index contributed by atoms with van der Waals surface area (Å²) in [4.78, 5) is 17.6. The molecule has 1 amide bonds. The molecule has 0 aliphatic heterocycles. The van der Waals surface area contributed by atoms with E-state index in [0.29, 0.717) is 22.7 Å². The van der Waals surface area contributed by atoms with Gasteiger partial charge in [0.15, 0.2) is 11.6 Å². The van der Waals surface area contributed by atoms with Gasteiger partial charge in [0.05, 0.1) is 17.3 Å². The van der Waals surface area contributed by atoms with Gasteiger partial charge in [-0.25, -0.2) is 18.2 Å². The minimum Gasteiger partial charge on any atom is -0.322 e. The van der Waals surface area contributed by atoms with Crippen molar-refractivity contribution in [3.8, 4) is 22.5 Å². The fourth-order valence-corrected chi connectivity index (χ4v) is 4.54. The monoisotopic (exact) mass is 483 g/mol. The Labute approximate surface area is 205 Å². The summed E-state index contributed by atoms with van der Waals surface area (Å²) in [5, 5.41) is 2.86. The average Bonchev–Trinajstić information content (AvgIpc) is 3.65. The van der Waals surface area contributed by atoms with Gasteiger partial charge in [-0.2, -0.15) is 0 Å². The van der Waals surface area contributed by atoms with E-state index < -0.39 is 11.6 Å². The summed E-state index contributed by atoms with van der Waals surface area (Å²) < 4.78 is 43.3. The molecule has 0 saturated heterocycles. The molecule has 1 saturated carbocycles. The van der Waals surface area contributed by atoms with Crippen molar-refractivity contribution in [2.45, 2.75) is 18.8 Å². The average molecular weight is 483 g/mol. The number of carbonyl (C=O) groups excluding carboxylic acids is 1. The number of amides is 1. The quantitative estimate of drug-likeness (QED) is 0.287. The van der Waals surface area contributed by atoms with E-state index in [0.717, 1.165) is 35.6 Å². The lowest BCUT2D eigenvalue weighted by Crippen LogP contribution is -2.14. The highest BCUT2D eigenvalue weighted by Gasteiger charge is 2.28. The summed E-state index contributed by atoms with van der Waals surface area (Å²) in [6, 6.07) is 19.1. The molecule has 1 fully saturated rings. The molecule has 6 rings (SSSR count). The molecule has 3 aromatic carbocycles. The van der Waals surface area contributed by atoms with Crippen LogP contribution < -0.4 is 5.32 Å². The number of halogens is 3. The van der Waals surface area contributed by atoms with Crippen LogP contribution in [0.4, 0.5) is 18.9 Å². The number of nitrogens with zero attached hydrogens (tertiary/aromatic N) is 2. The van der Waals surface area contributed by atoms with Gasteiger partial charge >= 0.3 is 0 Å². The first-order chi connectivity index (χ1) is 17.5. The summed E-state index contributed by atoms with van der Waals surface area (Å²) in [6.07, 6.45) is 5.40. The smallest absolute Gasteiger partial charge is 0.255 e. The van der Waals surface area contributed by atoms with Crippen LogP contribution in [0.1, 0.15) is 34.7 Å². The van der Waals surface area contributed by atoms with Crippen molar-refractivity contribution in [3.05, 3.63) is 114 Å². The number of hydrogen-bond donors (Lipinski definition) is 1. The topological polar surface area (TPSA) is 46.4 Å². The molecule has 0 radical (unpaired) electrons. The molecule has 4 nitrogen and oxygen atoms in total. The van der Waals surface area contributed by atoms with Crippen molar-refractivity contribution in [3.63, 3.8) is 0 Å². The number of anilines is 1. The summed E-state index contributed by atoms with van der Waals surface area (Å²) in [7, 11) is 0. The second-order valence-corrected chi connectivity index (χ2v) is 8.90. The molecule has 0 spiro atoms.